The second-order valence-corrected chi connectivity index (χ2v) is 3.34. The van der Waals surface area contributed by atoms with Crippen molar-refractivity contribution in [2.75, 3.05) is 5.32 Å². The van der Waals surface area contributed by atoms with E-state index in [-0.39, 0.29) is 16.6 Å². The number of nitrogens with one attached hydrogen (secondary N) is 2. The second kappa shape index (κ2) is 3.72. The van der Waals surface area contributed by atoms with Crippen molar-refractivity contribution in [1.29, 1.82) is 0 Å². The first-order chi connectivity index (χ1) is 7.50. The second-order valence-electron chi connectivity index (χ2n) is 2.93. The van der Waals surface area contributed by atoms with Gasteiger partial charge in [0.05, 0.1) is 0 Å². The molecule has 1 aliphatic rings. The molecule has 4 N–H and O–H groups in total. The summed E-state index contributed by atoms with van der Waals surface area (Å²) in [5.41, 5.74) is 2.66. The van der Waals surface area contributed by atoms with Crippen molar-refractivity contribution in [3.8, 4) is 11.5 Å². The number of hydrazine groups is 1. The Morgan fingerprint density at radius 1 is 1.31 bits per heavy atom. The van der Waals surface area contributed by atoms with Crippen LogP contribution in [0.1, 0.15) is 0 Å². The monoisotopic (exact) mass is 247 g/mol. The van der Waals surface area contributed by atoms with Gasteiger partial charge in [-0.2, -0.15) is 0 Å². The van der Waals surface area contributed by atoms with E-state index in [2.05, 4.69) is 20.2 Å². The van der Waals surface area contributed by atoms with Crippen LogP contribution in [0.4, 0.5) is 14.5 Å². The molecule has 2 rings (SSSR count). The number of thiocarbonyl (C=S) groups is 1. The molecule has 0 spiro atoms. The van der Waals surface area contributed by atoms with Gasteiger partial charge < -0.3 is 20.2 Å². The van der Waals surface area contributed by atoms with E-state index in [9.17, 15) is 8.78 Å². The SMILES string of the molecule is NNC(=S)Nc1ccc2c(c1)OC(F)(F)O2. The van der Waals surface area contributed by atoms with Gasteiger partial charge in [0.2, 0.25) is 0 Å². The molecule has 16 heavy (non-hydrogen) atoms. The predicted octanol–water partition coefficient (Wildman–Crippen LogP) is 1.17. The number of rotatable bonds is 1. The van der Waals surface area contributed by atoms with Crippen molar-refractivity contribution in [2.24, 2.45) is 5.84 Å². The molecule has 0 fully saturated rings. The summed E-state index contributed by atoms with van der Waals surface area (Å²) in [5.74, 6) is 4.96. The molecule has 1 aliphatic heterocycles. The summed E-state index contributed by atoms with van der Waals surface area (Å²) < 4.78 is 33.8. The lowest BCUT2D eigenvalue weighted by Crippen LogP contribution is -2.34. The highest BCUT2D eigenvalue weighted by molar-refractivity contribution is 7.80. The van der Waals surface area contributed by atoms with Crippen molar-refractivity contribution in [2.45, 2.75) is 6.29 Å². The maximum Gasteiger partial charge on any atom is 0.586 e. The zero-order chi connectivity index (χ0) is 11.8. The Morgan fingerprint density at radius 3 is 2.69 bits per heavy atom. The smallest absolute Gasteiger partial charge is 0.395 e. The van der Waals surface area contributed by atoms with Gasteiger partial charge in [-0.25, -0.2) is 5.84 Å². The fourth-order valence-corrected chi connectivity index (χ4v) is 1.31. The number of anilines is 1. The molecule has 0 aliphatic carbocycles. The number of fused-ring (bicyclic) bond motifs is 1. The zero-order valence-electron chi connectivity index (χ0n) is 7.79. The van der Waals surface area contributed by atoms with Crippen LogP contribution in [0.15, 0.2) is 18.2 Å². The Balaban J connectivity index is 2.19. The van der Waals surface area contributed by atoms with E-state index < -0.39 is 6.29 Å². The minimum atomic E-state index is -3.62. The topological polar surface area (TPSA) is 68.5 Å². The molecule has 0 saturated carbocycles. The van der Waals surface area contributed by atoms with Gasteiger partial charge in [-0.1, -0.05) is 0 Å². The van der Waals surface area contributed by atoms with Crippen molar-refractivity contribution >= 4 is 23.0 Å². The average molecular weight is 247 g/mol. The van der Waals surface area contributed by atoms with E-state index in [1.807, 2.05) is 0 Å². The highest BCUT2D eigenvalue weighted by atomic mass is 32.1. The average Bonchev–Trinajstić information content (AvgIpc) is 2.51. The number of hydrogen-bond acceptors (Lipinski definition) is 4. The fraction of sp³-hybridized carbons (Fsp3) is 0.125. The molecule has 5 nitrogen and oxygen atoms in total. The van der Waals surface area contributed by atoms with Gasteiger partial charge >= 0.3 is 6.29 Å². The molecule has 0 amide bonds. The van der Waals surface area contributed by atoms with Crippen LogP contribution < -0.4 is 26.1 Å². The minimum Gasteiger partial charge on any atom is -0.395 e. The lowest BCUT2D eigenvalue weighted by Gasteiger charge is -2.06. The van der Waals surface area contributed by atoms with E-state index in [0.29, 0.717) is 5.69 Å². The van der Waals surface area contributed by atoms with Crippen LogP contribution >= 0.6 is 12.2 Å². The molecular weight excluding hydrogens is 240 g/mol. The summed E-state index contributed by atoms with van der Waals surface area (Å²) in [7, 11) is 0. The molecule has 1 aromatic carbocycles. The van der Waals surface area contributed by atoms with E-state index in [1.165, 1.54) is 18.2 Å². The first-order valence-electron chi connectivity index (χ1n) is 4.18. The Morgan fingerprint density at radius 2 is 2.00 bits per heavy atom. The van der Waals surface area contributed by atoms with E-state index in [1.54, 1.807) is 0 Å². The number of alkyl halides is 2. The van der Waals surface area contributed by atoms with Crippen LogP contribution in [0, 0.1) is 0 Å². The largest absolute Gasteiger partial charge is 0.586 e. The van der Waals surface area contributed by atoms with Crippen molar-refractivity contribution < 1.29 is 18.3 Å². The Labute approximate surface area is 94.5 Å². The fourth-order valence-electron chi connectivity index (χ4n) is 1.19. The number of halogens is 2. The van der Waals surface area contributed by atoms with Crippen LogP contribution in [0.25, 0.3) is 0 Å². The van der Waals surface area contributed by atoms with Gasteiger partial charge in [-0.05, 0) is 24.4 Å². The lowest BCUT2D eigenvalue weighted by molar-refractivity contribution is -0.286. The molecule has 8 heteroatoms. The van der Waals surface area contributed by atoms with Crippen LogP contribution in [-0.2, 0) is 0 Å². The molecule has 1 heterocycles. The summed E-state index contributed by atoms with van der Waals surface area (Å²) in [4.78, 5) is 0. The standard InChI is InChI=1S/C8H7F2N3O2S/c9-8(10)14-5-2-1-4(3-6(5)15-8)12-7(16)13-11/h1-3H,11H2,(H2,12,13,16). The van der Waals surface area contributed by atoms with Gasteiger partial charge in [-0.15, -0.1) is 8.78 Å². The van der Waals surface area contributed by atoms with Crippen LogP contribution in [0.3, 0.4) is 0 Å². The van der Waals surface area contributed by atoms with Crippen LogP contribution in [0.2, 0.25) is 0 Å². The maximum absolute atomic E-state index is 12.7. The quantitative estimate of drug-likeness (QED) is 0.393. The summed E-state index contributed by atoms with van der Waals surface area (Å²) in [6.45, 7) is 0. The molecule has 0 atom stereocenters. The Kier molecular flexibility index (Phi) is 2.52. The Hall–Kier alpha value is -1.67. The highest BCUT2D eigenvalue weighted by Gasteiger charge is 2.43. The minimum absolute atomic E-state index is 0.0258. The third kappa shape index (κ3) is 2.12. The lowest BCUT2D eigenvalue weighted by atomic mass is 10.3. The molecule has 0 unspecified atom stereocenters. The summed E-state index contributed by atoms with van der Waals surface area (Å²) in [5, 5.41) is 2.82. The molecule has 0 aromatic heterocycles. The molecule has 0 radical (unpaired) electrons. The molecule has 1 aromatic rings. The van der Waals surface area contributed by atoms with Crippen LogP contribution in [0.5, 0.6) is 11.5 Å². The van der Waals surface area contributed by atoms with Crippen molar-refractivity contribution in [3.05, 3.63) is 18.2 Å². The van der Waals surface area contributed by atoms with Gasteiger partial charge in [0, 0.05) is 11.8 Å². The molecular formula is C8H7F2N3O2S. The van der Waals surface area contributed by atoms with Crippen molar-refractivity contribution in [3.63, 3.8) is 0 Å². The van der Waals surface area contributed by atoms with Crippen molar-refractivity contribution in [1.82, 2.24) is 5.43 Å². The van der Waals surface area contributed by atoms with Crippen LogP contribution in [-0.4, -0.2) is 11.4 Å². The normalized spacial score (nSPS) is 15.7. The van der Waals surface area contributed by atoms with Gasteiger partial charge in [0.25, 0.3) is 0 Å². The number of hydrogen-bond donors (Lipinski definition) is 3. The summed E-state index contributed by atoms with van der Waals surface area (Å²) in [6.07, 6.45) is -3.62. The molecule has 0 saturated heterocycles. The van der Waals surface area contributed by atoms with Gasteiger partial charge in [0.15, 0.2) is 16.6 Å². The number of nitrogens with two attached hydrogens (primary N) is 1. The molecule has 0 bridgehead atoms. The number of ether oxygens (including phenoxy) is 2. The van der Waals surface area contributed by atoms with E-state index in [0.717, 1.165) is 0 Å². The summed E-state index contributed by atoms with van der Waals surface area (Å²) in [6, 6.07) is 4.19. The highest BCUT2D eigenvalue weighted by Crippen LogP contribution is 2.42. The van der Waals surface area contributed by atoms with E-state index in [4.69, 9.17) is 18.1 Å². The first-order valence-corrected chi connectivity index (χ1v) is 4.58. The number of benzene rings is 1. The summed E-state index contributed by atoms with van der Waals surface area (Å²) >= 11 is 4.74. The van der Waals surface area contributed by atoms with Gasteiger partial charge in [-0.3, -0.25) is 0 Å². The third-order valence-electron chi connectivity index (χ3n) is 1.79. The third-order valence-corrected chi connectivity index (χ3v) is 2.01. The Bertz CT molecular complexity index is 441. The van der Waals surface area contributed by atoms with Gasteiger partial charge in [0.1, 0.15) is 0 Å². The zero-order valence-corrected chi connectivity index (χ0v) is 8.61. The first kappa shape index (κ1) is 10.8. The van der Waals surface area contributed by atoms with E-state index >= 15 is 0 Å². The maximum atomic E-state index is 12.7. The molecule has 86 valence electrons. The predicted molar refractivity (Wildman–Crippen MR) is 56.2 cm³/mol.